The summed E-state index contributed by atoms with van der Waals surface area (Å²) >= 11 is 0. The van der Waals surface area contributed by atoms with Crippen LogP contribution in [0.25, 0.3) is 0 Å². The molecule has 0 saturated carbocycles. The Kier molecular flexibility index (Phi) is 10.2. The molecule has 29 heavy (non-hydrogen) atoms. The van der Waals surface area contributed by atoms with Gasteiger partial charge >= 0.3 is 5.97 Å². The first kappa shape index (κ1) is 27.8. The molecule has 0 aromatic carbocycles. The van der Waals surface area contributed by atoms with E-state index in [9.17, 15) is 18.0 Å². The van der Waals surface area contributed by atoms with Gasteiger partial charge in [-0.1, -0.05) is 34.6 Å². The smallest absolute Gasteiger partial charge is 0.328 e. The van der Waals surface area contributed by atoms with Gasteiger partial charge in [-0.2, -0.15) is 8.42 Å². The van der Waals surface area contributed by atoms with Crippen LogP contribution in [0, 0.1) is 5.41 Å². The predicted molar refractivity (Wildman–Crippen MR) is 116 cm³/mol. The molecule has 0 fully saturated rings. The topological polar surface area (TPSA) is 119 Å². The molecule has 0 aromatic heterocycles. The first-order chi connectivity index (χ1) is 12.9. The Bertz CT molecular complexity index is 694. The number of rotatable bonds is 12. The van der Waals surface area contributed by atoms with E-state index in [2.05, 4.69) is 26.1 Å². The zero-order chi connectivity index (χ0) is 23.1. The third-order valence-corrected chi connectivity index (χ3v) is 10.7. The second-order valence-electron chi connectivity index (χ2n) is 9.35. The Morgan fingerprint density at radius 3 is 2.17 bits per heavy atom. The minimum Gasteiger partial charge on any atom is -0.478 e. The molecule has 0 spiro atoms. The van der Waals surface area contributed by atoms with Crippen molar-refractivity contribution in [2.24, 2.45) is 5.41 Å². The van der Waals surface area contributed by atoms with Crippen molar-refractivity contribution in [2.75, 3.05) is 18.9 Å². The van der Waals surface area contributed by atoms with Gasteiger partial charge in [-0.05, 0) is 30.6 Å². The average molecular weight is 452 g/mol. The third kappa shape index (κ3) is 10.9. The van der Waals surface area contributed by atoms with Crippen LogP contribution in [-0.4, -0.2) is 58.7 Å². The number of carboxylic acids is 1. The molecule has 0 saturated heterocycles. The quantitative estimate of drug-likeness (QED) is 0.203. The summed E-state index contributed by atoms with van der Waals surface area (Å²) in [7, 11) is -6.04. The highest BCUT2D eigenvalue weighted by molar-refractivity contribution is 7.86. The van der Waals surface area contributed by atoms with Crippen LogP contribution in [0.2, 0.25) is 18.1 Å². The van der Waals surface area contributed by atoms with Crippen LogP contribution < -0.4 is 5.32 Å². The number of nitrogens with one attached hydrogen (secondary N) is 1. The standard InChI is InChI=1S/C19H37NO7SSi/c1-15(21)20-12-9-13-28(24,25)26-14-19(5,6)16(10-11-17(22)23)27-29(7,8)18(2,3)4/h10-11,16H,9,12-14H2,1-8H3,(H,20,21)(H,22,23)/b11-10+/t16-/m0/s1. The first-order valence-electron chi connectivity index (χ1n) is 9.60. The van der Waals surface area contributed by atoms with Gasteiger partial charge in [-0.15, -0.1) is 0 Å². The van der Waals surface area contributed by atoms with Crippen LogP contribution in [0.15, 0.2) is 12.2 Å². The SMILES string of the molecule is CC(=O)NCCCS(=O)(=O)OCC(C)(C)[C@H](/C=C/C(=O)O)O[Si](C)(C)C(C)(C)C. The van der Waals surface area contributed by atoms with Crippen LogP contribution >= 0.6 is 0 Å². The molecule has 10 heteroatoms. The molecule has 0 unspecified atom stereocenters. The van der Waals surface area contributed by atoms with E-state index in [4.69, 9.17) is 13.7 Å². The number of amides is 1. The van der Waals surface area contributed by atoms with Gasteiger partial charge in [-0.3, -0.25) is 8.98 Å². The van der Waals surface area contributed by atoms with Crippen LogP contribution in [0.1, 0.15) is 48.0 Å². The van der Waals surface area contributed by atoms with Crippen molar-refractivity contribution in [2.45, 2.75) is 72.2 Å². The lowest BCUT2D eigenvalue weighted by molar-refractivity contribution is -0.131. The molecular formula is C19H37NO7SSi. The van der Waals surface area contributed by atoms with E-state index in [0.29, 0.717) is 0 Å². The van der Waals surface area contributed by atoms with E-state index in [0.717, 1.165) is 6.08 Å². The van der Waals surface area contributed by atoms with Gasteiger partial charge in [0.1, 0.15) is 0 Å². The van der Waals surface area contributed by atoms with Gasteiger partial charge in [0.15, 0.2) is 8.32 Å². The average Bonchev–Trinajstić information content (AvgIpc) is 2.52. The Labute approximate surface area is 176 Å². The highest BCUT2D eigenvalue weighted by Gasteiger charge is 2.42. The summed E-state index contributed by atoms with van der Waals surface area (Å²) in [5.74, 6) is -1.54. The zero-order valence-electron chi connectivity index (χ0n) is 18.9. The van der Waals surface area contributed by atoms with E-state index in [1.54, 1.807) is 13.8 Å². The summed E-state index contributed by atoms with van der Waals surface area (Å²) in [5.41, 5.74) is -0.786. The van der Waals surface area contributed by atoms with Crippen LogP contribution in [0.3, 0.4) is 0 Å². The summed E-state index contributed by atoms with van der Waals surface area (Å²) in [5, 5.41) is 11.5. The Morgan fingerprint density at radius 1 is 1.17 bits per heavy atom. The maximum Gasteiger partial charge on any atom is 0.328 e. The maximum absolute atomic E-state index is 12.2. The van der Waals surface area contributed by atoms with Crippen LogP contribution in [0.4, 0.5) is 0 Å². The lowest BCUT2D eigenvalue weighted by Gasteiger charge is -2.43. The van der Waals surface area contributed by atoms with Crippen molar-refractivity contribution in [1.29, 1.82) is 0 Å². The number of hydrogen-bond acceptors (Lipinski definition) is 6. The minimum atomic E-state index is -3.79. The zero-order valence-corrected chi connectivity index (χ0v) is 20.7. The molecule has 0 aliphatic rings. The van der Waals surface area contributed by atoms with E-state index in [1.165, 1.54) is 13.0 Å². The number of aliphatic carboxylic acids is 1. The van der Waals surface area contributed by atoms with Gasteiger partial charge in [0, 0.05) is 25.0 Å². The number of carboxylic acid groups (broad SMARTS) is 1. The highest BCUT2D eigenvalue weighted by atomic mass is 32.2. The Balaban J connectivity index is 5.25. The lowest BCUT2D eigenvalue weighted by Crippen LogP contribution is -2.48. The van der Waals surface area contributed by atoms with Gasteiger partial charge in [0.05, 0.1) is 18.5 Å². The Hall–Kier alpha value is -1.23. The fourth-order valence-corrected chi connectivity index (χ4v) is 4.50. The number of hydrogen-bond donors (Lipinski definition) is 2. The highest BCUT2D eigenvalue weighted by Crippen LogP contribution is 2.40. The molecule has 0 aliphatic carbocycles. The second kappa shape index (κ2) is 10.7. The molecule has 0 heterocycles. The Morgan fingerprint density at radius 2 is 1.72 bits per heavy atom. The predicted octanol–water partition coefficient (Wildman–Crippen LogP) is 2.92. The third-order valence-electron chi connectivity index (χ3n) is 4.97. The van der Waals surface area contributed by atoms with E-state index >= 15 is 0 Å². The summed E-state index contributed by atoms with van der Waals surface area (Å²) in [6, 6.07) is 0. The molecule has 0 rings (SSSR count). The van der Waals surface area contributed by atoms with Crippen LogP contribution in [-0.2, 0) is 28.3 Å². The molecule has 1 atom stereocenters. The van der Waals surface area contributed by atoms with Gasteiger partial charge in [0.2, 0.25) is 5.91 Å². The van der Waals surface area contributed by atoms with Crippen molar-refractivity contribution < 1.29 is 31.7 Å². The molecule has 0 radical (unpaired) electrons. The van der Waals surface area contributed by atoms with Crippen molar-refractivity contribution in [1.82, 2.24) is 5.32 Å². The van der Waals surface area contributed by atoms with E-state index in [-0.39, 0.29) is 36.3 Å². The summed E-state index contributed by atoms with van der Waals surface area (Å²) < 4.78 is 35.9. The van der Waals surface area contributed by atoms with Gasteiger partial charge < -0.3 is 14.8 Å². The monoisotopic (exact) mass is 451 g/mol. The van der Waals surface area contributed by atoms with Gasteiger partial charge in [0.25, 0.3) is 10.1 Å². The number of carbonyl (C=O) groups excluding carboxylic acids is 1. The van der Waals surface area contributed by atoms with Gasteiger partial charge in [-0.25, -0.2) is 4.79 Å². The fourth-order valence-electron chi connectivity index (χ4n) is 2.02. The van der Waals surface area contributed by atoms with Crippen LogP contribution in [0.5, 0.6) is 0 Å². The van der Waals surface area contributed by atoms with E-state index < -0.39 is 35.9 Å². The second-order valence-corrected chi connectivity index (χ2v) is 15.9. The van der Waals surface area contributed by atoms with Crippen molar-refractivity contribution in [3.8, 4) is 0 Å². The summed E-state index contributed by atoms with van der Waals surface area (Å²) in [6.45, 7) is 15.3. The summed E-state index contributed by atoms with van der Waals surface area (Å²) in [6.07, 6.45) is 2.08. The molecule has 1 amide bonds. The molecule has 170 valence electrons. The van der Waals surface area contributed by atoms with E-state index in [1.807, 2.05) is 13.1 Å². The molecule has 8 nitrogen and oxygen atoms in total. The molecule has 0 bridgehead atoms. The molecule has 0 aliphatic heterocycles. The summed E-state index contributed by atoms with van der Waals surface area (Å²) in [4.78, 5) is 21.9. The lowest BCUT2D eigenvalue weighted by atomic mass is 9.87. The van der Waals surface area contributed by atoms with Crippen molar-refractivity contribution >= 4 is 30.3 Å². The molecule has 0 aromatic rings. The normalized spacial score (nSPS) is 14.8. The van der Waals surface area contributed by atoms with Crippen molar-refractivity contribution in [3.05, 3.63) is 12.2 Å². The molecular weight excluding hydrogens is 414 g/mol. The first-order valence-corrected chi connectivity index (χ1v) is 14.1. The maximum atomic E-state index is 12.2. The van der Waals surface area contributed by atoms with Crippen molar-refractivity contribution in [3.63, 3.8) is 0 Å². The largest absolute Gasteiger partial charge is 0.478 e. The molecule has 2 N–H and O–H groups in total. The minimum absolute atomic E-state index is 0.102. The fraction of sp³-hybridized carbons (Fsp3) is 0.789. The number of carbonyl (C=O) groups is 2.